The monoisotopic (exact) mass is 268 g/mol. The highest BCUT2D eigenvalue weighted by atomic mass is 16.2. The molecule has 0 aliphatic heterocycles. The Bertz CT molecular complexity index is 647. The van der Waals surface area contributed by atoms with Gasteiger partial charge in [-0.05, 0) is 48.9 Å². The normalized spacial score (nSPS) is 11.2. The number of rotatable bonds is 3. The van der Waals surface area contributed by atoms with Crippen LogP contribution >= 0.6 is 0 Å². The predicted octanol–water partition coefficient (Wildman–Crippen LogP) is 2.00. The maximum absolute atomic E-state index is 11.9. The second-order valence-electron chi connectivity index (χ2n) is 4.39. The number of hydrogen-bond acceptors (Lipinski definition) is 4. The second kappa shape index (κ2) is 5.88. The van der Waals surface area contributed by atoms with Crippen LogP contribution in [0, 0.1) is 0 Å². The Kier molecular flexibility index (Phi) is 4.00. The molecule has 102 valence electrons. The Balaban J connectivity index is 2.08. The smallest absolute Gasteiger partial charge is 0.271 e. The second-order valence-corrected chi connectivity index (χ2v) is 4.39. The van der Waals surface area contributed by atoms with E-state index in [4.69, 9.17) is 11.5 Å². The molecule has 0 unspecified atom stereocenters. The van der Waals surface area contributed by atoms with Gasteiger partial charge in [0.05, 0.1) is 5.71 Å². The summed E-state index contributed by atoms with van der Waals surface area (Å²) in [7, 11) is 0. The van der Waals surface area contributed by atoms with Gasteiger partial charge in [-0.1, -0.05) is 12.1 Å². The first kappa shape index (κ1) is 13.6. The van der Waals surface area contributed by atoms with E-state index < -0.39 is 0 Å². The summed E-state index contributed by atoms with van der Waals surface area (Å²) in [6.07, 6.45) is 0. The molecule has 0 aliphatic rings. The molecule has 0 spiro atoms. The van der Waals surface area contributed by atoms with Crippen molar-refractivity contribution in [3.8, 4) is 0 Å². The molecule has 0 heterocycles. The van der Waals surface area contributed by atoms with E-state index in [-0.39, 0.29) is 5.91 Å². The minimum absolute atomic E-state index is 0.284. The number of hydrogen-bond donors (Lipinski definition) is 3. The Hall–Kier alpha value is -2.82. The van der Waals surface area contributed by atoms with Crippen molar-refractivity contribution in [2.75, 3.05) is 11.5 Å². The number of carbonyl (C=O) groups is 1. The molecule has 0 aliphatic carbocycles. The molecular formula is C15H16N4O. The summed E-state index contributed by atoms with van der Waals surface area (Å²) in [5, 5.41) is 4.06. The van der Waals surface area contributed by atoms with Gasteiger partial charge in [-0.25, -0.2) is 5.43 Å². The lowest BCUT2D eigenvalue weighted by molar-refractivity contribution is 0.0955. The number of hydrazone groups is 1. The number of amides is 1. The Morgan fingerprint density at radius 2 is 1.70 bits per heavy atom. The average molecular weight is 268 g/mol. The molecule has 2 rings (SSSR count). The van der Waals surface area contributed by atoms with E-state index >= 15 is 0 Å². The molecule has 20 heavy (non-hydrogen) atoms. The van der Waals surface area contributed by atoms with Crippen LogP contribution in [0.2, 0.25) is 0 Å². The van der Waals surface area contributed by atoms with Crippen LogP contribution in [0.1, 0.15) is 22.8 Å². The number of nitrogen functional groups attached to an aromatic ring is 2. The summed E-state index contributed by atoms with van der Waals surface area (Å²) in [6.45, 7) is 1.80. The fourth-order valence-corrected chi connectivity index (χ4v) is 1.66. The Morgan fingerprint density at radius 3 is 2.35 bits per heavy atom. The van der Waals surface area contributed by atoms with Gasteiger partial charge in [0, 0.05) is 16.9 Å². The summed E-state index contributed by atoms with van der Waals surface area (Å²) < 4.78 is 0. The number of nitrogens with one attached hydrogen (secondary N) is 1. The lowest BCUT2D eigenvalue weighted by Gasteiger charge is -2.04. The molecule has 2 aromatic carbocycles. The maximum Gasteiger partial charge on any atom is 0.271 e. The topological polar surface area (TPSA) is 93.5 Å². The standard InChI is InChI=1S/C15H16N4O/c1-10(12-3-2-4-14(17)9-12)18-19-15(20)11-5-7-13(16)8-6-11/h2-9H,16-17H2,1H3,(H,19,20). The lowest BCUT2D eigenvalue weighted by Crippen LogP contribution is -2.19. The van der Waals surface area contributed by atoms with Crippen LogP contribution in [0.4, 0.5) is 11.4 Å². The van der Waals surface area contributed by atoms with Gasteiger partial charge < -0.3 is 11.5 Å². The minimum atomic E-state index is -0.284. The quantitative estimate of drug-likeness (QED) is 0.451. The van der Waals surface area contributed by atoms with Crippen molar-refractivity contribution in [2.45, 2.75) is 6.92 Å². The van der Waals surface area contributed by atoms with Crippen LogP contribution in [-0.2, 0) is 0 Å². The molecule has 5 N–H and O–H groups in total. The zero-order valence-electron chi connectivity index (χ0n) is 11.1. The van der Waals surface area contributed by atoms with Crippen LogP contribution in [0.3, 0.4) is 0 Å². The third-order valence-electron chi connectivity index (χ3n) is 2.80. The van der Waals surface area contributed by atoms with Crippen LogP contribution < -0.4 is 16.9 Å². The molecule has 0 aromatic heterocycles. The van der Waals surface area contributed by atoms with Crippen molar-refractivity contribution in [3.05, 3.63) is 59.7 Å². The van der Waals surface area contributed by atoms with E-state index in [2.05, 4.69) is 10.5 Å². The average Bonchev–Trinajstić information content (AvgIpc) is 2.45. The molecule has 1 amide bonds. The van der Waals surface area contributed by atoms with Gasteiger partial charge in [-0.15, -0.1) is 0 Å². The van der Waals surface area contributed by atoms with Gasteiger partial charge in [0.2, 0.25) is 0 Å². The number of benzene rings is 2. The van der Waals surface area contributed by atoms with Crippen molar-refractivity contribution in [1.29, 1.82) is 0 Å². The van der Waals surface area contributed by atoms with Crippen LogP contribution in [-0.4, -0.2) is 11.6 Å². The van der Waals surface area contributed by atoms with Crippen molar-refractivity contribution < 1.29 is 4.79 Å². The van der Waals surface area contributed by atoms with Gasteiger partial charge in [-0.3, -0.25) is 4.79 Å². The van der Waals surface area contributed by atoms with Crippen molar-refractivity contribution in [1.82, 2.24) is 5.43 Å². The summed E-state index contributed by atoms with van der Waals surface area (Å²) in [5.74, 6) is -0.284. The van der Waals surface area contributed by atoms with E-state index in [1.54, 1.807) is 43.3 Å². The first-order chi connectivity index (χ1) is 9.56. The van der Waals surface area contributed by atoms with Gasteiger partial charge >= 0.3 is 0 Å². The van der Waals surface area contributed by atoms with Gasteiger partial charge in [0.15, 0.2) is 0 Å². The largest absolute Gasteiger partial charge is 0.399 e. The zero-order valence-corrected chi connectivity index (χ0v) is 11.1. The van der Waals surface area contributed by atoms with E-state index in [1.807, 2.05) is 12.1 Å². The molecule has 5 heteroatoms. The molecular weight excluding hydrogens is 252 g/mol. The van der Waals surface area contributed by atoms with Crippen LogP contribution in [0.5, 0.6) is 0 Å². The third-order valence-corrected chi connectivity index (χ3v) is 2.80. The predicted molar refractivity (Wildman–Crippen MR) is 81.4 cm³/mol. The van der Waals surface area contributed by atoms with Gasteiger partial charge in [-0.2, -0.15) is 5.10 Å². The number of nitrogens with zero attached hydrogens (tertiary/aromatic N) is 1. The zero-order chi connectivity index (χ0) is 14.5. The van der Waals surface area contributed by atoms with Crippen molar-refractivity contribution in [3.63, 3.8) is 0 Å². The van der Waals surface area contributed by atoms with Crippen molar-refractivity contribution >= 4 is 23.0 Å². The Labute approximate surface area is 117 Å². The molecule has 0 fully saturated rings. The number of nitrogens with two attached hydrogens (primary N) is 2. The third kappa shape index (κ3) is 3.35. The summed E-state index contributed by atoms with van der Waals surface area (Å²) in [6, 6.07) is 14.0. The van der Waals surface area contributed by atoms with E-state index in [0.29, 0.717) is 22.6 Å². The fraction of sp³-hybridized carbons (Fsp3) is 0.0667. The molecule has 0 atom stereocenters. The van der Waals surface area contributed by atoms with Crippen LogP contribution in [0.25, 0.3) is 0 Å². The summed E-state index contributed by atoms with van der Waals surface area (Å²) in [5.41, 5.74) is 17.1. The highest BCUT2D eigenvalue weighted by molar-refractivity contribution is 6.01. The molecule has 0 saturated heterocycles. The Morgan fingerprint density at radius 1 is 1.00 bits per heavy atom. The van der Waals surface area contributed by atoms with Gasteiger partial charge in [0.1, 0.15) is 0 Å². The number of anilines is 2. The highest BCUT2D eigenvalue weighted by Gasteiger charge is 2.04. The molecule has 0 radical (unpaired) electrons. The van der Waals surface area contributed by atoms with Gasteiger partial charge in [0.25, 0.3) is 5.91 Å². The summed E-state index contributed by atoms with van der Waals surface area (Å²) in [4.78, 5) is 11.9. The van der Waals surface area contributed by atoms with E-state index in [9.17, 15) is 4.79 Å². The first-order valence-corrected chi connectivity index (χ1v) is 6.12. The first-order valence-electron chi connectivity index (χ1n) is 6.12. The van der Waals surface area contributed by atoms with Crippen molar-refractivity contribution in [2.24, 2.45) is 5.10 Å². The van der Waals surface area contributed by atoms with E-state index in [0.717, 1.165) is 5.56 Å². The molecule has 0 saturated carbocycles. The maximum atomic E-state index is 11.9. The van der Waals surface area contributed by atoms with E-state index in [1.165, 1.54) is 0 Å². The highest BCUT2D eigenvalue weighted by Crippen LogP contribution is 2.08. The SMILES string of the molecule is CC(=NNC(=O)c1ccc(N)cc1)c1cccc(N)c1. The lowest BCUT2D eigenvalue weighted by atomic mass is 10.1. The molecule has 2 aromatic rings. The molecule has 5 nitrogen and oxygen atoms in total. The fourth-order valence-electron chi connectivity index (χ4n) is 1.66. The number of carbonyl (C=O) groups excluding carboxylic acids is 1. The minimum Gasteiger partial charge on any atom is -0.399 e. The molecule has 0 bridgehead atoms. The summed E-state index contributed by atoms with van der Waals surface area (Å²) >= 11 is 0. The van der Waals surface area contributed by atoms with Crippen LogP contribution in [0.15, 0.2) is 53.6 Å².